The van der Waals surface area contributed by atoms with E-state index in [1.165, 1.54) is 13.8 Å². The summed E-state index contributed by atoms with van der Waals surface area (Å²) in [7, 11) is 1.67. The third-order valence-electron chi connectivity index (χ3n) is 3.13. The maximum atomic E-state index is 12.0. The van der Waals surface area contributed by atoms with E-state index >= 15 is 0 Å². The number of aryl methyl sites for hydroxylation is 1. The van der Waals surface area contributed by atoms with E-state index in [-0.39, 0.29) is 11.9 Å². The van der Waals surface area contributed by atoms with Gasteiger partial charge in [-0.3, -0.25) is 4.79 Å². The molecule has 0 saturated heterocycles. The fourth-order valence-electron chi connectivity index (χ4n) is 1.93. The zero-order chi connectivity index (χ0) is 13.9. The molecule has 0 aliphatic rings. The van der Waals surface area contributed by atoms with Crippen molar-refractivity contribution in [2.45, 2.75) is 45.8 Å². The van der Waals surface area contributed by atoms with Crippen LogP contribution in [0.25, 0.3) is 0 Å². The number of Topliss-reactive ketones (excluding diaryl/α,β-unsaturated/α-hetero) is 1. The summed E-state index contributed by atoms with van der Waals surface area (Å²) in [6, 6.07) is 5.52. The Kier molecular flexibility index (Phi) is 4.65. The molecule has 3 nitrogen and oxygen atoms in total. The van der Waals surface area contributed by atoms with Gasteiger partial charge in [-0.25, -0.2) is 0 Å². The average molecular weight is 250 g/mol. The number of ketones is 1. The maximum Gasteiger partial charge on any atom is 0.193 e. The standard InChI is InChI=1S/C15H22O3/c1-6-11-9-12(14(16)15(3,4)17)7-8-13(11)10(2)18-5/h7-10,17H,6H2,1-5H3. The Bertz CT molecular complexity index is 430. The molecule has 1 aromatic carbocycles. The predicted molar refractivity (Wildman–Crippen MR) is 71.9 cm³/mol. The van der Waals surface area contributed by atoms with E-state index in [1.54, 1.807) is 13.2 Å². The first-order chi connectivity index (χ1) is 8.31. The molecule has 0 fully saturated rings. The number of methoxy groups -OCH3 is 1. The molecule has 0 aliphatic heterocycles. The molecule has 0 amide bonds. The van der Waals surface area contributed by atoms with Crippen LogP contribution in [0.4, 0.5) is 0 Å². The molecule has 1 N–H and O–H groups in total. The van der Waals surface area contributed by atoms with E-state index in [0.29, 0.717) is 5.56 Å². The highest BCUT2D eigenvalue weighted by Gasteiger charge is 2.25. The first kappa shape index (κ1) is 14.9. The molecule has 3 heteroatoms. The topological polar surface area (TPSA) is 46.5 Å². The number of hydrogen-bond acceptors (Lipinski definition) is 3. The van der Waals surface area contributed by atoms with Gasteiger partial charge in [-0.15, -0.1) is 0 Å². The summed E-state index contributed by atoms with van der Waals surface area (Å²) in [6.07, 6.45) is 0.835. The van der Waals surface area contributed by atoms with Crippen molar-refractivity contribution < 1.29 is 14.6 Å². The largest absolute Gasteiger partial charge is 0.382 e. The summed E-state index contributed by atoms with van der Waals surface area (Å²) >= 11 is 0. The van der Waals surface area contributed by atoms with Crippen LogP contribution in [0.5, 0.6) is 0 Å². The summed E-state index contributed by atoms with van der Waals surface area (Å²) in [5.74, 6) is -0.256. The quantitative estimate of drug-likeness (QED) is 0.817. The van der Waals surface area contributed by atoms with Gasteiger partial charge in [0.25, 0.3) is 0 Å². The monoisotopic (exact) mass is 250 g/mol. The van der Waals surface area contributed by atoms with Gasteiger partial charge in [0.15, 0.2) is 5.78 Å². The Labute approximate surface area is 109 Å². The van der Waals surface area contributed by atoms with E-state index in [4.69, 9.17) is 4.74 Å². The molecule has 18 heavy (non-hydrogen) atoms. The molecule has 0 saturated carbocycles. The second-order valence-corrected chi connectivity index (χ2v) is 5.03. The van der Waals surface area contributed by atoms with E-state index in [9.17, 15) is 9.90 Å². The van der Waals surface area contributed by atoms with E-state index in [2.05, 4.69) is 0 Å². The van der Waals surface area contributed by atoms with Crippen molar-refractivity contribution >= 4 is 5.78 Å². The van der Waals surface area contributed by atoms with Crippen LogP contribution in [-0.4, -0.2) is 23.6 Å². The van der Waals surface area contributed by atoms with Crippen molar-refractivity contribution in [1.82, 2.24) is 0 Å². The van der Waals surface area contributed by atoms with Crippen LogP contribution in [-0.2, 0) is 11.2 Å². The van der Waals surface area contributed by atoms with E-state index in [0.717, 1.165) is 17.5 Å². The lowest BCUT2D eigenvalue weighted by molar-refractivity contribution is 0.0487. The number of carbonyl (C=O) groups excluding carboxylic acids is 1. The average Bonchev–Trinajstić information content (AvgIpc) is 2.35. The van der Waals surface area contributed by atoms with Crippen LogP contribution in [0.15, 0.2) is 18.2 Å². The summed E-state index contributed by atoms with van der Waals surface area (Å²) in [5, 5.41) is 9.75. The Balaban J connectivity index is 3.18. The molecule has 100 valence electrons. The van der Waals surface area contributed by atoms with Crippen molar-refractivity contribution in [2.24, 2.45) is 0 Å². The Morgan fingerprint density at radius 3 is 2.50 bits per heavy atom. The second-order valence-electron chi connectivity index (χ2n) is 5.03. The van der Waals surface area contributed by atoms with Crippen LogP contribution < -0.4 is 0 Å². The molecule has 1 atom stereocenters. The minimum absolute atomic E-state index is 0.00578. The SMILES string of the molecule is CCc1cc(C(=O)C(C)(C)O)ccc1C(C)OC. The fourth-order valence-corrected chi connectivity index (χ4v) is 1.93. The van der Waals surface area contributed by atoms with Gasteiger partial charge in [0, 0.05) is 12.7 Å². The van der Waals surface area contributed by atoms with Crippen LogP contribution >= 0.6 is 0 Å². The maximum absolute atomic E-state index is 12.0. The van der Waals surface area contributed by atoms with Crippen molar-refractivity contribution in [2.75, 3.05) is 7.11 Å². The second kappa shape index (κ2) is 5.63. The third kappa shape index (κ3) is 3.18. The number of rotatable bonds is 5. The lowest BCUT2D eigenvalue weighted by atomic mass is 9.92. The first-order valence-corrected chi connectivity index (χ1v) is 6.24. The van der Waals surface area contributed by atoms with Crippen LogP contribution in [0.1, 0.15) is 55.3 Å². The van der Waals surface area contributed by atoms with Gasteiger partial charge in [-0.1, -0.05) is 19.1 Å². The zero-order valence-corrected chi connectivity index (χ0v) is 11.8. The van der Waals surface area contributed by atoms with Gasteiger partial charge >= 0.3 is 0 Å². The highest BCUT2D eigenvalue weighted by Crippen LogP contribution is 2.24. The fraction of sp³-hybridized carbons (Fsp3) is 0.533. The highest BCUT2D eigenvalue weighted by atomic mass is 16.5. The van der Waals surface area contributed by atoms with Gasteiger partial charge in [0.2, 0.25) is 0 Å². The number of ether oxygens (including phenoxy) is 1. The van der Waals surface area contributed by atoms with Crippen molar-refractivity contribution in [1.29, 1.82) is 0 Å². The van der Waals surface area contributed by atoms with Crippen LogP contribution in [0, 0.1) is 0 Å². The molecule has 1 rings (SSSR count). The van der Waals surface area contributed by atoms with Crippen LogP contribution in [0.2, 0.25) is 0 Å². The number of carbonyl (C=O) groups is 1. The predicted octanol–water partition coefficient (Wildman–Crippen LogP) is 2.91. The van der Waals surface area contributed by atoms with Crippen molar-refractivity contribution in [3.63, 3.8) is 0 Å². The van der Waals surface area contributed by atoms with Gasteiger partial charge < -0.3 is 9.84 Å². The summed E-state index contributed by atoms with van der Waals surface area (Å²) in [5.41, 5.74) is 1.39. The number of aliphatic hydroxyl groups is 1. The van der Waals surface area contributed by atoms with Gasteiger partial charge in [0.1, 0.15) is 5.60 Å². The molecule has 1 aromatic rings. The summed E-state index contributed by atoms with van der Waals surface area (Å²) in [6.45, 7) is 7.03. The molecule has 0 aliphatic carbocycles. The van der Waals surface area contributed by atoms with Gasteiger partial charge in [-0.05, 0) is 44.4 Å². The summed E-state index contributed by atoms with van der Waals surface area (Å²) < 4.78 is 5.31. The normalized spacial score (nSPS) is 13.4. The first-order valence-electron chi connectivity index (χ1n) is 6.24. The van der Waals surface area contributed by atoms with Gasteiger partial charge in [0.05, 0.1) is 6.10 Å². The minimum atomic E-state index is -1.33. The van der Waals surface area contributed by atoms with Crippen molar-refractivity contribution in [3.05, 3.63) is 34.9 Å². The highest BCUT2D eigenvalue weighted by molar-refractivity contribution is 6.01. The molecular weight excluding hydrogens is 228 g/mol. The lowest BCUT2D eigenvalue weighted by Gasteiger charge is -2.19. The molecule has 1 unspecified atom stereocenters. The van der Waals surface area contributed by atoms with E-state index < -0.39 is 5.60 Å². The molecule has 0 aromatic heterocycles. The summed E-state index contributed by atoms with van der Waals surface area (Å²) in [4.78, 5) is 12.0. The van der Waals surface area contributed by atoms with E-state index in [1.807, 2.05) is 26.0 Å². The lowest BCUT2D eigenvalue weighted by Crippen LogP contribution is -2.31. The Morgan fingerprint density at radius 2 is 2.06 bits per heavy atom. The molecule has 0 bridgehead atoms. The Morgan fingerprint density at radius 1 is 1.44 bits per heavy atom. The smallest absolute Gasteiger partial charge is 0.193 e. The Hall–Kier alpha value is -1.19. The number of benzene rings is 1. The van der Waals surface area contributed by atoms with Crippen molar-refractivity contribution in [3.8, 4) is 0 Å². The van der Waals surface area contributed by atoms with Gasteiger partial charge in [-0.2, -0.15) is 0 Å². The minimum Gasteiger partial charge on any atom is -0.382 e. The van der Waals surface area contributed by atoms with Crippen LogP contribution in [0.3, 0.4) is 0 Å². The molecule has 0 heterocycles. The zero-order valence-electron chi connectivity index (χ0n) is 11.8. The molecular formula is C15H22O3. The third-order valence-corrected chi connectivity index (χ3v) is 3.13. The number of hydrogen-bond donors (Lipinski definition) is 1. The molecule has 0 spiro atoms. The molecule has 0 radical (unpaired) electrons.